The molecule has 13 heavy (non-hydrogen) atoms. The van der Waals surface area contributed by atoms with E-state index in [9.17, 15) is 0 Å². The van der Waals surface area contributed by atoms with Crippen LogP contribution in [0.1, 0.15) is 12.5 Å². The first-order valence-electron chi connectivity index (χ1n) is 4.27. The maximum atomic E-state index is 4.54. The van der Waals surface area contributed by atoms with E-state index in [0.29, 0.717) is 5.37 Å². The summed E-state index contributed by atoms with van der Waals surface area (Å²) < 4.78 is 0. The Labute approximate surface area is 80.8 Å². The summed E-state index contributed by atoms with van der Waals surface area (Å²) in [5, 5.41) is 1.43. The van der Waals surface area contributed by atoms with Crippen LogP contribution in [0.4, 0.5) is 5.69 Å². The van der Waals surface area contributed by atoms with Gasteiger partial charge in [-0.3, -0.25) is 4.99 Å². The molecule has 0 aliphatic carbocycles. The lowest BCUT2D eigenvalue weighted by molar-refractivity contribution is 1.06. The Hall–Kier alpha value is -1.09. The van der Waals surface area contributed by atoms with E-state index in [-0.39, 0.29) is 0 Å². The van der Waals surface area contributed by atoms with Crippen LogP contribution in [0.15, 0.2) is 34.3 Å². The van der Waals surface area contributed by atoms with Crippen molar-refractivity contribution in [1.29, 1.82) is 0 Å². The lowest BCUT2D eigenvalue weighted by atomic mass is 10.1. The molecule has 2 nitrogen and oxygen atoms in total. The molecule has 1 atom stereocenters. The zero-order chi connectivity index (χ0) is 8.84. The van der Waals surface area contributed by atoms with Crippen molar-refractivity contribution in [2.45, 2.75) is 12.3 Å². The molecule has 1 aromatic rings. The highest BCUT2D eigenvalue weighted by Gasteiger charge is 2.29. The third kappa shape index (κ3) is 0.968. The predicted molar refractivity (Wildman–Crippen MR) is 57.1 cm³/mol. The van der Waals surface area contributed by atoms with Gasteiger partial charge in [-0.05, 0) is 13.0 Å². The first-order chi connectivity index (χ1) is 6.34. The number of para-hydroxylation sites is 1. The van der Waals surface area contributed by atoms with Gasteiger partial charge in [0.25, 0.3) is 0 Å². The molecule has 1 aromatic carbocycles. The number of fused-ring (bicyclic) bond motifs is 3. The highest BCUT2D eigenvalue weighted by Crippen LogP contribution is 2.36. The Morgan fingerprint density at radius 1 is 1.31 bits per heavy atom. The number of aliphatic imine (C=N–C) groups is 2. The van der Waals surface area contributed by atoms with Crippen LogP contribution >= 0.6 is 11.8 Å². The lowest BCUT2D eigenvalue weighted by Gasteiger charge is -1.95. The van der Waals surface area contributed by atoms with Gasteiger partial charge >= 0.3 is 0 Å². The predicted octanol–water partition coefficient (Wildman–Crippen LogP) is 2.61. The van der Waals surface area contributed by atoms with Crippen molar-refractivity contribution >= 4 is 28.2 Å². The summed E-state index contributed by atoms with van der Waals surface area (Å²) >= 11 is 1.74. The van der Waals surface area contributed by atoms with E-state index in [0.717, 1.165) is 16.4 Å². The molecule has 2 heterocycles. The number of benzene rings is 1. The van der Waals surface area contributed by atoms with Crippen LogP contribution in [0.25, 0.3) is 0 Å². The third-order valence-corrected chi connectivity index (χ3v) is 3.13. The second-order valence-electron chi connectivity index (χ2n) is 3.13. The number of hydrogen-bond acceptors (Lipinski definition) is 3. The zero-order valence-electron chi connectivity index (χ0n) is 7.19. The highest BCUT2D eigenvalue weighted by atomic mass is 32.2. The van der Waals surface area contributed by atoms with Gasteiger partial charge in [0, 0.05) is 5.56 Å². The number of nitrogens with zero attached hydrogens (tertiary/aromatic N) is 2. The number of thioether (sulfide) groups is 1. The summed E-state index contributed by atoms with van der Waals surface area (Å²) in [6, 6.07) is 8.17. The van der Waals surface area contributed by atoms with E-state index in [1.165, 1.54) is 5.56 Å². The molecule has 3 rings (SSSR count). The van der Waals surface area contributed by atoms with Gasteiger partial charge in [-0.15, -0.1) is 0 Å². The van der Waals surface area contributed by atoms with Crippen LogP contribution in [0, 0.1) is 0 Å². The van der Waals surface area contributed by atoms with Crippen molar-refractivity contribution in [2.75, 3.05) is 0 Å². The molecular formula is C10H8N2S. The highest BCUT2D eigenvalue weighted by molar-refractivity contribution is 8.16. The summed E-state index contributed by atoms with van der Waals surface area (Å²) in [5.74, 6) is 0. The molecule has 0 spiro atoms. The maximum Gasteiger partial charge on any atom is 0.125 e. The summed E-state index contributed by atoms with van der Waals surface area (Å²) in [4.78, 5) is 9.05. The normalized spacial score (nSPS) is 23.6. The molecule has 3 heteroatoms. The van der Waals surface area contributed by atoms with Gasteiger partial charge in [0.15, 0.2) is 0 Å². The Kier molecular flexibility index (Phi) is 1.38. The van der Waals surface area contributed by atoms with Crippen molar-refractivity contribution < 1.29 is 0 Å². The average Bonchev–Trinajstić information content (AvgIpc) is 2.60. The molecule has 1 unspecified atom stereocenters. The molecule has 0 fully saturated rings. The van der Waals surface area contributed by atoms with Gasteiger partial charge in [-0.2, -0.15) is 0 Å². The Morgan fingerprint density at radius 3 is 3.08 bits per heavy atom. The van der Waals surface area contributed by atoms with Crippen LogP contribution in [-0.2, 0) is 0 Å². The van der Waals surface area contributed by atoms with Crippen molar-refractivity contribution in [3.8, 4) is 0 Å². The minimum absolute atomic E-state index is 0.335. The van der Waals surface area contributed by atoms with Crippen molar-refractivity contribution in [3.63, 3.8) is 0 Å². The molecule has 0 saturated carbocycles. The quantitative estimate of drug-likeness (QED) is 0.614. The molecule has 2 aliphatic rings. The molecular weight excluding hydrogens is 180 g/mol. The molecule has 0 bridgehead atoms. The largest absolute Gasteiger partial charge is 0.268 e. The molecule has 2 aliphatic heterocycles. The zero-order valence-corrected chi connectivity index (χ0v) is 8.01. The molecule has 64 valence electrons. The smallest absolute Gasteiger partial charge is 0.125 e. The summed E-state index contributed by atoms with van der Waals surface area (Å²) in [7, 11) is 0. The fraction of sp³-hybridized carbons (Fsp3) is 0.200. The molecule has 0 saturated heterocycles. The van der Waals surface area contributed by atoms with Gasteiger partial charge in [-0.25, -0.2) is 4.99 Å². The molecule has 0 amide bonds. The Bertz CT molecular complexity index is 434. The van der Waals surface area contributed by atoms with E-state index in [2.05, 4.69) is 23.0 Å². The molecule has 0 aromatic heterocycles. The minimum Gasteiger partial charge on any atom is -0.268 e. The lowest BCUT2D eigenvalue weighted by Crippen LogP contribution is -2.00. The second-order valence-corrected chi connectivity index (χ2v) is 4.43. The topological polar surface area (TPSA) is 24.7 Å². The van der Waals surface area contributed by atoms with Crippen LogP contribution in [0.5, 0.6) is 0 Å². The summed E-state index contributed by atoms with van der Waals surface area (Å²) in [6.07, 6.45) is 0. The monoisotopic (exact) mass is 188 g/mol. The average molecular weight is 188 g/mol. The van der Waals surface area contributed by atoms with Crippen molar-refractivity contribution in [2.24, 2.45) is 9.98 Å². The molecule has 0 N–H and O–H groups in total. The van der Waals surface area contributed by atoms with Gasteiger partial charge < -0.3 is 0 Å². The van der Waals surface area contributed by atoms with E-state index < -0.39 is 0 Å². The van der Waals surface area contributed by atoms with Crippen molar-refractivity contribution in [3.05, 3.63) is 29.8 Å². The second kappa shape index (κ2) is 2.45. The van der Waals surface area contributed by atoms with Gasteiger partial charge in [0.05, 0.1) is 11.1 Å². The van der Waals surface area contributed by atoms with Crippen LogP contribution in [-0.4, -0.2) is 16.1 Å². The Morgan fingerprint density at radius 2 is 2.15 bits per heavy atom. The maximum absolute atomic E-state index is 4.54. The van der Waals surface area contributed by atoms with Crippen molar-refractivity contribution in [1.82, 2.24) is 0 Å². The first-order valence-corrected chi connectivity index (χ1v) is 5.15. The minimum atomic E-state index is 0.335. The SMILES string of the molecule is CC1N=C2C(=Nc3ccccc32)S1. The number of hydrogen-bond donors (Lipinski definition) is 0. The van der Waals surface area contributed by atoms with E-state index in [4.69, 9.17) is 0 Å². The van der Waals surface area contributed by atoms with Crippen LogP contribution < -0.4 is 0 Å². The summed E-state index contributed by atoms with van der Waals surface area (Å²) in [6.45, 7) is 2.10. The van der Waals surface area contributed by atoms with Crippen LogP contribution in [0.3, 0.4) is 0 Å². The van der Waals surface area contributed by atoms with Gasteiger partial charge in [0.1, 0.15) is 10.8 Å². The number of rotatable bonds is 0. The Balaban J connectivity index is 2.22. The van der Waals surface area contributed by atoms with E-state index in [1.807, 2.05) is 18.2 Å². The molecule has 0 radical (unpaired) electrons. The van der Waals surface area contributed by atoms with Gasteiger partial charge in [0.2, 0.25) is 0 Å². The summed E-state index contributed by atoms with van der Waals surface area (Å²) in [5.41, 5.74) is 3.35. The van der Waals surface area contributed by atoms with Crippen LogP contribution in [0.2, 0.25) is 0 Å². The standard InChI is InChI=1S/C10H8N2S/c1-6-11-9-7-4-2-3-5-8(7)12-10(9)13-6/h2-6H,1H3. The van der Waals surface area contributed by atoms with Gasteiger partial charge in [-0.1, -0.05) is 30.0 Å². The first kappa shape index (κ1) is 7.33. The fourth-order valence-corrected chi connectivity index (χ4v) is 2.53. The third-order valence-electron chi connectivity index (χ3n) is 2.18. The fourth-order valence-electron chi connectivity index (χ4n) is 1.63. The van der Waals surface area contributed by atoms with E-state index >= 15 is 0 Å². The van der Waals surface area contributed by atoms with E-state index in [1.54, 1.807) is 11.8 Å².